The molecule has 1 amide bonds. The van der Waals surface area contributed by atoms with E-state index in [0.717, 1.165) is 25.7 Å². The van der Waals surface area contributed by atoms with Crippen LogP contribution in [0.2, 0.25) is 0 Å². The molecular weight excluding hydrogens is 294 g/mol. The highest BCUT2D eigenvalue weighted by Gasteiger charge is 2.26. The number of benzene rings is 1. The molecule has 2 N–H and O–H groups in total. The van der Waals surface area contributed by atoms with E-state index in [1.165, 1.54) is 12.7 Å². The van der Waals surface area contributed by atoms with Gasteiger partial charge in [-0.3, -0.25) is 4.79 Å². The van der Waals surface area contributed by atoms with Gasteiger partial charge in [-0.05, 0) is 43.1 Å². The molecule has 0 spiro atoms. The number of aliphatic carboxylic acids is 1. The van der Waals surface area contributed by atoms with E-state index in [1.54, 1.807) is 0 Å². The summed E-state index contributed by atoms with van der Waals surface area (Å²) < 4.78 is 4.82. The zero-order valence-electron chi connectivity index (χ0n) is 13.5. The molecule has 1 aromatic carbocycles. The zero-order chi connectivity index (χ0) is 16.7. The van der Waals surface area contributed by atoms with Crippen molar-refractivity contribution in [3.05, 3.63) is 35.9 Å². The fourth-order valence-electron chi connectivity index (χ4n) is 3.28. The minimum absolute atomic E-state index is 0.0121. The molecule has 0 aromatic heterocycles. The Labute approximate surface area is 137 Å². The van der Waals surface area contributed by atoms with Gasteiger partial charge in [-0.1, -0.05) is 30.3 Å². The molecule has 0 saturated heterocycles. The average Bonchev–Trinajstić information content (AvgIpc) is 2.56. The predicted octanol–water partition coefficient (Wildman–Crippen LogP) is 2.57. The summed E-state index contributed by atoms with van der Waals surface area (Å²) in [4.78, 5) is 23.0. The van der Waals surface area contributed by atoms with Crippen molar-refractivity contribution in [2.45, 2.75) is 44.1 Å². The highest BCUT2D eigenvalue weighted by Crippen LogP contribution is 2.36. The van der Waals surface area contributed by atoms with E-state index in [1.807, 2.05) is 6.07 Å². The van der Waals surface area contributed by atoms with Crippen LogP contribution in [0.3, 0.4) is 0 Å². The largest absolute Gasteiger partial charge is 0.480 e. The fraction of sp³-hybridized carbons (Fsp3) is 0.556. The number of ether oxygens (including phenoxy) is 1. The molecule has 1 fully saturated rings. The van der Waals surface area contributed by atoms with Crippen LogP contribution in [-0.4, -0.2) is 36.7 Å². The van der Waals surface area contributed by atoms with Crippen molar-refractivity contribution in [2.75, 3.05) is 13.7 Å². The van der Waals surface area contributed by atoms with Crippen LogP contribution in [0.25, 0.3) is 0 Å². The van der Waals surface area contributed by atoms with Gasteiger partial charge < -0.3 is 15.2 Å². The molecule has 1 aliphatic carbocycles. The van der Waals surface area contributed by atoms with Gasteiger partial charge in [0.2, 0.25) is 5.91 Å². The Kier molecular flexibility index (Phi) is 6.59. The van der Waals surface area contributed by atoms with Gasteiger partial charge in [0.1, 0.15) is 0 Å². The summed E-state index contributed by atoms with van der Waals surface area (Å²) in [6, 6.07) is 9.53. The molecule has 0 radical (unpaired) electrons. The molecule has 1 atom stereocenters. The van der Waals surface area contributed by atoms with E-state index in [9.17, 15) is 9.59 Å². The molecule has 2 rings (SSSR count). The van der Waals surface area contributed by atoms with Crippen molar-refractivity contribution >= 4 is 11.9 Å². The van der Waals surface area contributed by atoms with Gasteiger partial charge in [-0.2, -0.15) is 0 Å². The van der Waals surface area contributed by atoms with Gasteiger partial charge in [0.15, 0.2) is 6.04 Å². The summed E-state index contributed by atoms with van der Waals surface area (Å²) in [6.07, 6.45) is 4.59. The number of amides is 1. The summed E-state index contributed by atoms with van der Waals surface area (Å²) in [5, 5.41) is 11.6. The zero-order valence-corrected chi connectivity index (χ0v) is 13.5. The number of nitrogens with one attached hydrogen (secondary N) is 1. The van der Waals surface area contributed by atoms with Crippen LogP contribution in [0.5, 0.6) is 0 Å². The Morgan fingerprint density at radius 2 is 1.87 bits per heavy atom. The lowest BCUT2D eigenvalue weighted by atomic mass is 9.77. The Morgan fingerprint density at radius 3 is 2.43 bits per heavy atom. The van der Waals surface area contributed by atoms with Crippen LogP contribution in [0.4, 0.5) is 0 Å². The second-order valence-electron chi connectivity index (χ2n) is 6.25. The third-order valence-corrected chi connectivity index (χ3v) is 4.56. The first-order valence-corrected chi connectivity index (χ1v) is 8.16. The van der Waals surface area contributed by atoms with E-state index in [0.29, 0.717) is 18.3 Å². The van der Waals surface area contributed by atoms with Crippen molar-refractivity contribution in [1.29, 1.82) is 0 Å². The lowest BCUT2D eigenvalue weighted by Crippen LogP contribution is -2.44. The standard InChI is InChI=1S/C18H25NO4/c1-23-12-16(18(21)22)19-17(20)11-13-7-9-15(10-8-13)14-5-3-2-4-6-14/h2-6,13,15-16H,7-12H2,1H3,(H,19,20)(H,21,22). The van der Waals surface area contributed by atoms with Gasteiger partial charge in [0, 0.05) is 13.5 Å². The van der Waals surface area contributed by atoms with E-state index in [-0.39, 0.29) is 12.5 Å². The number of rotatable bonds is 7. The van der Waals surface area contributed by atoms with Crippen LogP contribution in [0.1, 0.15) is 43.6 Å². The molecule has 1 aromatic rings. The molecule has 23 heavy (non-hydrogen) atoms. The predicted molar refractivity (Wildman–Crippen MR) is 87.2 cm³/mol. The topological polar surface area (TPSA) is 75.6 Å². The number of hydrogen-bond acceptors (Lipinski definition) is 3. The Morgan fingerprint density at radius 1 is 1.22 bits per heavy atom. The van der Waals surface area contributed by atoms with Crippen molar-refractivity contribution in [1.82, 2.24) is 5.32 Å². The maximum Gasteiger partial charge on any atom is 0.328 e. The molecule has 5 heteroatoms. The summed E-state index contributed by atoms with van der Waals surface area (Å²) in [5.41, 5.74) is 1.38. The number of hydrogen-bond donors (Lipinski definition) is 2. The summed E-state index contributed by atoms with van der Waals surface area (Å²) in [7, 11) is 1.42. The first-order chi connectivity index (χ1) is 11.1. The van der Waals surface area contributed by atoms with Crippen LogP contribution in [0, 0.1) is 5.92 Å². The highest BCUT2D eigenvalue weighted by molar-refractivity contribution is 5.83. The third kappa shape index (κ3) is 5.36. The summed E-state index contributed by atoms with van der Waals surface area (Å²) >= 11 is 0. The fourth-order valence-corrected chi connectivity index (χ4v) is 3.28. The molecule has 5 nitrogen and oxygen atoms in total. The Balaban J connectivity index is 1.77. The van der Waals surface area contributed by atoms with E-state index >= 15 is 0 Å². The maximum atomic E-state index is 12.0. The lowest BCUT2D eigenvalue weighted by molar-refractivity contribution is -0.143. The minimum Gasteiger partial charge on any atom is -0.480 e. The van der Waals surface area contributed by atoms with Crippen molar-refractivity contribution < 1.29 is 19.4 Å². The van der Waals surface area contributed by atoms with Gasteiger partial charge in [0.05, 0.1) is 6.61 Å². The second-order valence-corrected chi connectivity index (χ2v) is 6.25. The first-order valence-electron chi connectivity index (χ1n) is 8.16. The molecule has 1 aliphatic rings. The molecule has 0 aliphatic heterocycles. The summed E-state index contributed by atoms with van der Waals surface area (Å²) in [5.74, 6) is -0.340. The van der Waals surface area contributed by atoms with Crippen LogP contribution >= 0.6 is 0 Å². The number of carboxylic acid groups (broad SMARTS) is 1. The van der Waals surface area contributed by atoms with Gasteiger partial charge in [0.25, 0.3) is 0 Å². The smallest absolute Gasteiger partial charge is 0.328 e. The van der Waals surface area contributed by atoms with E-state index < -0.39 is 12.0 Å². The first kappa shape index (κ1) is 17.5. The molecule has 0 heterocycles. The SMILES string of the molecule is COCC(NC(=O)CC1CCC(c2ccccc2)CC1)C(=O)O. The van der Waals surface area contributed by atoms with Crippen LogP contribution in [0.15, 0.2) is 30.3 Å². The average molecular weight is 319 g/mol. The second kappa shape index (κ2) is 8.67. The van der Waals surface area contributed by atoms with Gasteiger partial charge in [-0.15, -0.1) is 0 Å². The molecule has 126 valence electrons. The number of methoxy groups -OCH3 is 1. The monoisotopic (exact) mass is 319 g/mol. The van der Waals surface area contributed by atoms with E-state index in [2.05, 4.69) is 29.6 Å². The van der Waals surface area contributed by atoms with Crippen molar-refractivity contribution in [2.24, 2.45) is 5.92 Å². The Hall–Kier alpha value is -1.88. The van der Waals surface area contributed by atoms with Gasteiger partial charge in [-0.25, -0.2) is 4.79 Å². The number of carbonyl (C=O) groups is 2. The van der Waals surface area contributed by atoms with Gasteiger partial charge >= 0.3 is 5.97 Å². The normalized spacial score (nSPS) is 22.3. The van der Waals surface area contributed by atoms with Crippen LogP contribution in [-0.2, 0) is 14.3 Å². The minimum atomic E-state index is -1.06. The highest BCUT2D eigenvalue weighted by atomic mass is 16.5. The van der Waals surface area contributed by atoms with E-state index in [4.69, 9.17) is 9.84 Å². The molecule has 0 bridgehead atoms. The molecule has 1 unspecified atom stereocenters. The van der Waals surface area contributed by atoms with Crippen molar-refractivity contribution in [3.63, 3.8) is 0 Å². The molecule has 1 saturated carbocycles. The maximum absolute atomic E-state index is 12.0. The number of carbonyl (C=O) groups excluding carboxylic acids is 1. The lowest BCUT2D eigenvalue weighted by Gasteiger charge is -2.28. The van der Waals surface area contributed by atoms with Crippen molar-refractivity contribution in [3.8, 4) is 0 Å². The quantitative estimate of drug-likeness (QED) is 0.810. The Bertz CT molecular complexity index is 509. The summed E-state index contributed by atoms with van der Waals surface area (Å²) in [6.45, 7) is -0.0121. The third-order valence-electron chi connectivity index (χ3n) is 4.56. The molecular formula is C18H25NO4. The van der Waals surface area contributed by atoms with Crippen LogP contribution < -0.4 is 5.32 Å². The number of carboxylic acids is 1.